The third-order valence-corrected chi connectivity index (χ3v) is 5.45. The highest BCUT2D eigenvalue weighted by Crippen LogP contribution is 2.28. The number of amides is 1. The van der Waals surface area contributed by atoms with Crippen molar-refractivity contribution in [2.24, 2.45) is 5.92 Å². The van der Waals surface area contributed by atoms with E-state index in [9.17, 15) is 4.79 Å². The Morgan fingerprint density at radius 1 is 1.05 bits per heavy atom. The van der Waals surface area contributed by atoms with Gasteiger partial charge in [0, 0.05) is 18.7 Å². The lowest BCUT2D eigenvalue weighted by Crippen LogP contribution is -2.39. The zero-order valence-corrected chi connectivity index (χ0v) is 13.4. The lowest BCUT2D eigenvalue weighted by molar-refractivity contribution is 0.0679. The molecule has 0 N–H and O–H groups in total. The van der Waals surface area contributed by atoms with Crippen LogP contribution in [0.5, 0.6) is 0 Å². The maximum atomic E-state index is 12.7. The van der Waals surface area contributed by atoms with Crippen molar-refractivity contribution in [1.29, 1.82) is 0 Å². The Morgan fingerprint density at radius 3 is 2.43 bits per heavy atom. The zero-order valence-electron chi connectivity index (χ0n) is 13.4. The summed E-state index contributed by atoms with van der Waals surface area (Å²) in [6.07, 6.45) is 9.71. The lowest BCUT2D eigenvalue weighted by Gasteiger charge is -2.33. The Kier molecular flexibility index (Phi) is 4.32. The van der Waals surface area contributed by atoms with Gasteiger partial charge in [-0.15, -0.1) is 0 Å². The van der Waals surface area contributed by atoms with Crippen molar-refractivity contribution in [1.82, 2.24) is 4.90 Å². The zero-order chi connectivity index (χ0) is 14.8. The van der Waals surface area contributed by atoms with Crippen molar-refractivity contribution in [2.45, 2.75) is 64.3 Å². The second kappa shape index (κ2) is 6.21. The van der Waals surface area contributed by atoms with Crippen molar-refractivity contribution in [3.63, 3.8) is 0 Å². The van der Waals surface area contributed by atoms with Gasteiger partial charge in [-0.1, -0.05) is 13.0 Å². The summed E-state index contributed by atoms with van der Waals surface area (Å²) in [6.45, 7) is 2.32. The van der Waals surface area contributed by atoms with Crippen molar-refractivity contribution in [2.75, 3.05) is 7.05 Å². The molecule has 2 aliphatic carbocycles. The molecule has 2 aliphatic rings. The highest BCUT2D eigenvalue weighted by molar-refractivity contribution is 5.94. The molecular formula is C19H27NO. The molecule has 0 atom stereocenters. The van der Waals surface area contributed by atoms with Crippen LogP contribution in [0.3, 0.4) is 0 Å². The van der Waals surface area contributed by atoms with E-state index in [-0.39, 0.29) is 5.91 Å². The van der Waals surface area contributed by atoms with Gasteiger partial charge < -0.3 is 4.90 Å². The van der Waals surface area contributed by atoms with E-state index in [0.29, 0.717) is 6.04 Å². The third-order valence-electron chi connectivity index (χ3n) is 5.45. The predicted octanol–water partition coefficient (Wildman–Crippen LogP) is 4.22. The maximum absolute atomic E-state index is 12.7. The first-order valence-corrected chi connectivity index (χ1v) is 8.54. The van der Waals surface area contributed by atoms with E-state index in [1.807, 2.05) is 18.0 Å². The normalized spacial score (nSPS) is 25.2. The molecule has 0 bridgehead atoms. The average molecular weight is 285 g/mol. The van der Waals surface area contributed by atoms with Gasteiger partial charge in [-0.25, -0.2) is 0 Å². The number of benzene rings is 1. The van der Waals surface area contributed by atoms with Crippen molar-refractivity contribution >= 4 is 5.91 Å². The van der Waals surface area contributed by atoms with Gasteiger partial charge in [0.2, 0.25) is 0 Å². The molecule has 0 saturated heterocycles. The van der Waals surface area contributed by atoms with Gasteiger partial charge in [-0.3, -0.25) is 4.79 Å². The van der Waals surface area contributed by atoms with E-state index in [1.54, 1.807) is 0 Å². The van der Waals surface area contributed by atoms with Crippen molar-refractivity contribution in [3.8, 4) is 0 Å². The minimum absolute atomic E-state index is 0.211. The van der Waals surface area contributed by atoms with Crippen molar-refractivity contribution in [3.05, 3.63) is 34.9 Å². The molecule has 114 valence electrons. The number of rotatable bonds is 2. The van der Waals surface area contributed by atoms with Gasteiger partial charge in [0.05, 0.1) is 0 Å². The fraction of sp³-hybridized carbons (Fsp3) is 0.632. The van der Waals surface area contributed by atoms with Crippen LogP contribution in [0.2, 0.25) is 0 Å². The summed E-state index contributed by atoms with van der Waals surface area (Å²) in [5.41, 5.74) is 3.74. The second-order valence-corrected chi connectivity index (χ2v) is 7.02. The molecule has 2 nitrogen and oxygen atoms in total. The Labute approximate surface area is 128 Å². The Balaban J connectivity index is 1.72. The van der Waals surface area contributed by atoms with Crippen LogP contribution in [0.1, 0.15) is 66.9 Å². The first kappa shape index (κ1) is 14.6. The van der Waals surface area contributed by atoms with Crippen LogP contribution in [0.4, 0.5) is 0 Å². The largest absolute Gasteiger partial charge is 0.339 e. The van der Waals surface area contributed by atoms with Crippen LogP contribution in [-0.2, 0) is 12.8 Å². The van der Waals surface area contributed by atoms with E-state index in [0.717, 1.165) is 30.7 Å². The number of carbonyl (C=O) groups excluding carboxylic acids is 1. The quantitative estimate of drug-likeness (QED) is 0.797. The number of carbonyl (C=O) groups is 1. The standard InChI is InChI=1S/C19H27NO/c1-14-7-11-18(12-8-14)20(2)19(21)17-10-9-15-5-3-4-6-16(15)13-17/h9-10,13-14,18H,3-8,11-12H2,1-2H3. The van der Waals surface area contributed by atoms with E-state index in [2.05, 4.69) is 19.1 Å². The first-order chi connectivity index (χ1) is 10.1. The van der Waals surface area contributed by atoms with Crippen LogP contribution in [0.25, 0.3) is 0 Å². The molecule has 0 aliphatic heterocycles. The first-order valence-electron chi connectivity index (χ1n) is 8.54. The molecule has 1 saturated carbocycles. The summed E-state index contributed by atoms with van der Waals surface area (Å²) >= 11 is 0. The van der Waals surface area contributed by atoms with Crippen LogP contribution in [0, 0.1) is 5.92 Å². The highest BCUT2D eigenvalue weighted by atomic mass is 16.2. The monoisotopic (exact) mass is 285 g/mol. The summed E-state index contributed by atoms with van der Waals surface area (Å²) in [5.74, 6) is 1.04. The number of hydrogen-bond donors (Lipinski definition) is 0. The summed E-state index contributed by atoms with van der Waals surface area (Å²) in [5, 5.41) is 0. The van der Waals surface area contributed by atoms with Crippen LogP contribution >= 0.6 is 0 Å². The summed E-state index contributed by atoms with van der Waals surface area (Å²) in [7, 11) is 1.99. The van der Waals surface area contributed by atoms with Gasteiger partial charge in [0.1, 0.15) is 0 Å². The fourth-order valence-electron chi connectivity index (χ4n) is 3.87. The highest BCUT2D eigenvalue weighted by Gasteiger charge is 2.25. The fourth-order valence-corrected chi connectivity index (χ4v) is 3.87. The topological polar surface area (TPSA) is 20.3 Å². The number of fused-ring (bicyclic) bond motifs is 1. The lowest BCUT2D eigenvalue weighted by atomic mass is 9.86. The SMILES string of the molecule is CC1CCC(N(C)C(=O)c2ccc3c(c2)CCCC3)CC1. The van der Waals surface area contributed by atoms with Crippen LogP contribution in [-0.4, -0.2) is 23.9 Å². The smallest absolute Gasteiger partial charge is 0.253 e. The molecule has 1 aromatic rings. The third kappa shape index (κ3) is 3.14. The molecule has 21 heavy (non-hydrogen) atoms. The Bertz CT molecular complexity index is 514. The van der Waals surface area contributed by atoms with E-state index in [4.69, 9.17) is 0 Å². The molecule has 0 aromatic heterocycles. The average Bonchev–Trinajstić information content (AvgIpc) is 2.54. The number of hydrogen-bond acceptors (Lipinski definition) is 1. The van der Waals surface area contributed by atoms with Gasteiger partial charge in [-0.2, -0.15) is 0 Å². The van der Waals surface area contributed by atoms with Gasteiger partial charge in [0.25, 0.3) is 5.91 Å². The summed E-state index contributed by atoms with van der Waals surface area (Å²) in [6, 6.07) is 6.80. The molecule has 1 aromatic carbocycles. The van der Waals surface area contributed by atoms with Crippen LogP contribution < -0.4 is 0 Å². The predicted molar refractivity (Wildman–Crippen MR) is 86.6 cm³/mol. The minimum atomic E-state index is 0.211. The molecule has 0 spiro atoms. The molecule has 2 heteroatoms. The minimum Gasteiger partial charge on any atom is -0.339 e. The Hall–Kier alpha value is -1.31. The van der Waals surface area contributed by atoms with Crippen molar-refractivity contribution < 1.29 is 4.79 Å². The molecule has 0 unspecified atom stereocenters. The summed E-state index contributed by atoms with van der Waals surface area (Å²) in [4.78, 5) is 14.7. The maximum Gasteiger partial charge on any atom is 0.253 e. The molecule has 1 amide bonds. The number of nitrogens with zero attached hydrogens (tertiary/aromatic N) is 1. The molecule has 1 fully saturated rings. The van der Waals surface area contributed by atoms with E-state index < -0.39 is 0 Å². The molecular weight excluding hydrogens is 258 g/mol. The van der Waals surface area contributed by atoms with Gasteiger partial charge in [0.15, 0.2) is 0 Å². The second-order valence-electron chi connectivity index (χ2n) is 7.02. The van der Waals surface area contributed by atoms with E-state index in [1.165, 1.54) is 43.2 Å². The molecule has 0 heterocycles. The summed E-state index contributed by atoms with van der Waals surface area (Å²) < 4.78 is 0. The van der Waals surface area contributed by atoms with Gasteiger partial charge >= 0.3 is 0 Å². The Morgan fingerprint density at radius 2 is 1.71 bits per heavy atom. The number of aryl methyl sites for hydroxylation is 2. The molecule has 0 radical (unpaired) electrons. The van der Waals surface area contributed by atoms with Crippen LogP contribution in [0.15, 0.2) is 18.2 Å². The van der Waals surface area contributed by atoms with E-state index >= 15 is 0 Å². The molecule has 3 rings (SSSR count). The van der Waals surface area contributed by atoms with Gasteiger partial charge in [-0.05, 0) is 80.5 Å².